The fourth-order valence-electron chi connectivity index (χ4n) is 2.71. The SMILES string of the molecule is C=C(Br)COc1cc(OCc2sc(-c3ccc(C)cc3)nc2C)ccc1C=CC(=O)O. The van der Waals surface area contributed by atoms with Gasteiger partial charge in [-0.15, -0.1) is 11.3 Å². The second-order valence-corrected chi connectivity index (χ2v) is 9.06. The van der Waals surface area contributed by atoms with Crippen molar-refractivity contribution in [2.45, 2.75) is 20.5 Å². The molecule has 7 heteroatoms. The number of carboxylic acids is 1. The van der Waals surface area contributed by atoms with Gasteiger partial charge in [0.1, 0.15) is 29.7 Å². The van der Waals surface area contributed by atoms with Crippen molar-refractivity contribution >= 4 is 39.3 Å². The molecule has 31 heavy (non-hydrogen) atoms. The van der Waals surface area contributed by atoms with E-state index in [-0.39, 0.29) is 6.61 Å². The number of aryl methyl sites for hydroxylation is 2. The molecular formula is C24H22BrNO4S. The topological polar surface area (TPSA) is 68.7 Å². The molecule has 1 N–H and O–H groups in total. The highest BCUT2D eigenvalue weighted by atomic mass is 79.9. The van der Waals surface area contributed by atoms with Crippen LogP contribution in [-0.2, 0) is 11.4 Å². The van der Waals surface area contributed by atoms with Gasteiger partial charge in [-0.05, 0) is 32.1 Å². The van der Waals surface area contributed by atoms with Gasteiger partial charge in [0.2, 0.25) is 0 Å². The van der Waals surface area contributed by atoms with E-state index in [1.165, 1.54) is 11.6 Å². The van der Waals surface area contributed by atoms with Crippen molar-refractivity contribution in [3.05, 3.63) is 81.3 Å². The van der Waals surface area contributed by atoms with E-state index in [2.05, 4.69) is 58.7 Å². The van der Waals surface area contributed by atoms with Gasteiger partial charge in [0.25, 0.3) is 0 Å². The maximum atomic E-state index is 10.9. The number of thiazole rings is 1. The van der Waals surface area contributed by atoms with Crippen molar-refractivity contribution in [1.82, 2.24) is 4.98 Å². The van der Waals surface area contributed by atoms with E-state index in [1.807, 2.05) is 6.92 Å². The number of rotatable bonds is 9. The van der Waals surface area contributed by atoms with Crippen molar-refractivity contribution in [3.63, 3.8) is 0 Å². The molecule has 0 radical (unpaired) electrons. The summed E-state index contributed by atoms with van der Waals surface area (Å²) in [6.45, 7) is 8.43. The van der Waals surface area contributed by atoms with Crippen LogP contribution in [-0.4, -0.2) is 22.7 Å². The Bertz CT molecular complexity index is 1120. The van der Waals surface area contributed by atoms with Crippen LogP contribution in [0.2, 0.25) is 0 Å². The Labute approximate surface area is 193 Å². The zero-order valence-corrected chi connectivity index (χ0v) is 19.6. The summed E-state index contributed by atoms with van der Waals surface area (Å²) in [5.41, 5.74) is 3.88. The third kappa shape index (κ3) is 6.54. The van der Waals surface area contributed by atoms with E-state index < -0.39 is 5.97 Å². The zero-order chi connectivity index (χ0) is 22.4. The minimum atomic E-state index is -1.03. The summed E-state index contributed by atoms with van der Waals surface area (Å²) in [4.78, 5) is 16.6. The average Bonchev–Trinajstić information content (AvgIpc) is 3.10. The van der Waals surface area contributed by atoms with Gasteiger partial charge in [0.15, 0.2) is 0 Å². The molecule has 0 aliphatic carbocycles. The highest BCUT2D eigenvalue weighted by Crippen LogP contribution is 2.31. The largest absolute Gasteiger partial charge is 0.488 e. The van der Waals surface area contributed by atoms with Crippen LogP contribution in [0.5, 0.6) is 11.5 Å². The molecule has 0 fully saturated rings. The predicted octanol–water partition coefficient (Wildman–Crippen LogP) is 6.39. The van der Waals surface area contributed by atoms with E-state index in [4.69, 9.17) is 14.6 Å². The van der Waals surface area contributed by atoms with Gasteiger partial charge in [0, 0.05) is 27.8 Å². The molecular weight excluding hydrogens is 478 g/mol. The lowest BCUT2D eigenvalue weighted by Crippen LogP contribution is -2.00. The minimum absolute atomic E-state index is 0.255. The van der Waals surface area contributed by atoms with Crippen molar-refractivity contribution in [2.75, 3.05) is 6.61 Å². The van der Waals surface area contributed by atoms with Crippen LogP contribution in [0.3, 0.4) is 0 Å². The third-order valence-corrected chi connectivity index (χ3v) is 5.74. The highest BCUT2D eigenvalue weighted by Gasteiger charge is 2.11. The Morgan fingerprint density at radius 2 is 1.94 bits per heavy atom. The first-order valence-electron chi connectivity index (χ1n) is 9.49. The first-order chi connectivity index (χ1) is 14.8. The Hall–Kier alpha value is -2.90. The zero-order valence-electron chi connectivity index (χ0n) is 17.2. The lowest BCUT2D eigenvalue weighted by atomic mass is 10.1. The summed E-state index contributed by atoms with van der Waals surface area (Å²) < 4.78 is 12.4. The molecule has 1 heterocycles. The van der Waals surface area contributed by atoms with Crippen molar-refractivity contribution in [1.29, 1.82) is 0 Å². The number of carboxylic acid groups (broad SMARTS) is 1. The monoisotopic (exact) mass is 499 g/mol. The molecule has 0 unspecified atom stereocenters. The normalized spacial score (nSPS) is 10.9. The molecule has 5 nitrogen and oxygen atoms in total. The number of ether oxygens (including phenoxy) is 2. The lowest BCUT2D eigenvalue weighted by Gasteiger charge is -2.12. The number of hydrogen-bond acceptors (Lipinski definition) is 5. The summed E-state index contributed by atoms with van der Waals surface area (Å²) in [5, 5.41) is 9.86. The van der Waals surface area contributed by atoms with Gasteiger partial charge in [0.05, 0.1) is 10.6 Å². The average molecular weight is 500 g/mol. The molecule has 1 aromatic heterocycles. The maximum absolute atomic E-state index is 10.9. The van der Waals surface area contributed by atoms with Crippen LogP contribution in [0.1, 0.15) is 21.7 Å². The Morgan fingerprint density at radius 3 is 2.61 bits per heavy atom. The van der Waals surface area contributed by atoms with E-state index in [1.54, 1.807) is 29.5 Å². The number of carbonyl (C=O) groups is 1. The Kier molecular flexibility index (Phi) is 7.65. The summed E-state index contributed by atoms with van der Waals surface area (Å²) in [6, 6.07) is 13.6. The fourth-order valence-corrected chi connectivity index (χ4v) is 3.81. The van der Waals surface area contributed by atoms with Crippen molar-refractivity contribution < 1.29 is 19.4 Å². The lowest BCUT2D eigenvalue weighted by molar-refractivity contribution is -0.131. The second-order valence-electron chi connectivity index (χ2n) is 6.86. The van der Waals surface area contributed by atoms with Gasteiger partial charge < -0.3 is 14.6 Å². The summed E-state index contributed by atoms with van der Waals surface area (Å²) in [7, 11) is 0. The minimum Gasteiger partial charge on any atom is -0.488 e. The molecule has 2 aromatic carbocycles. The third-order valence-electron chi connectivity index (χ3n) is 4.34. The van der Waals surface area contributed by atoms with Crippen molar-refractivity contribution in [3.8, 4) is 22.1 Å². The summed E-state index contributed by atoms with van der Waals surface area (Å²) in [6.07, 6.45) is 2.55. The fraction of sp³-hybridized carbons (Fsp3) is 0.167. The van der Waals surface area contributed by atoms with Crippen LogP contribution in [0.4, 0.5) is 0 Å². The van der Waals surface area contributed by atoms with Crippen LogP contribution in [0.25, 0.3) is 16.6 Å². The second kappa shape index (κ2) is 10.4. The number of halogens is 1. The van der Waals surface area contributed by atoms with E-state index in [9.17, 15) is 4.79 Å². The van der Waals surface area contributed by atoms with Crippen LogP contribution < -0.4 is 9.47 Å². The van der Waals surface area contributed by atoms with E-state index in [0.717, 1.165) is 27.2 Å². The van der Waals surface area contributed by atoms with E-state index in [0.29, 0.717) is 28.2 Å². The quantitative estimate of drug-likeness (QED) is 0.345. The molecule has 0 aliphatic heterocycles. The first-order valence-corrected chi connectivity index (χ1v) is 11.1. The molecule has 0 aliphatic rings. The number of aromatic nitrogens is 1. The van der Waals surface area contributed by atoms with Crippen LogP contribution >= 0.6 is 27.3 Å². The Morgan fingerprint density at radius 1 is 1.19 bits per heavy atom. The molecule has 0 atom stereocenters. The van der Waals surface area contributed by atoms with Crippen LogP contribution in [0, 0.1) is 13.8 Å². The number of nitrogens with zero attached hydrogens (tertiary/aromatic N) is 1. The Balaban J connectivity index is 1.76. The number of aliphatic carboxylic acids is 1. The van der Waals surface area contributed by atoms with Gasteiger partial charge in [-0.2, -0.15) is 0 Å². The molecule has 0 amide bonds. The highest BCUT2D eigenvalue weighted by molar-refractivity contribution is 9.11. The van der Waals surface area contributed by atoms with Gasteiger partial charge in [-0.25, -0.2) is 9.78 Å². The van der Waals surface area contributed by atoms with E-state index >= 15 is 0 Å². The molecule has 0 saturated carbocycles. The predicted molar refractivity (Wildman–Crippen MR) is 128 cm³/mol. The molecule has 0 saturated heterocycles. The number of hydrogen-bond donors (Lipinski definition) is 1. The molecule has 160 valence electrons. The molecule has 3 aromatic rings. The smallest absolute Gasteiger partial charge is 0.328 e. The number of benzene rings is 2. The maximum Gasteiger partial charge on any atom is 0.328 e. The molecule has 0 spiro atoms. The van der Waals surface area contributed by atoms with Crippen LogP contribution in [0.15, 0.2) is 59.6 Å². The summed E-state index contributed by atoms with van der Waals surface area (Å²) >= 11 is 4.87. The van der Waals surface area contributed by atoms with Gasteiger partial charge in [-0.1, -0.05) is 52.3 Å². The van der Waals surface area contributed by atoms with Crippen molar-refractivity contribution in [2.24, 2.45) is 0 Å². The standard InChI is InChI=1S/C24H22BrNO4S/c1-15-4-6-19(7-5-15)24-26-17(3)22(31-24)14-29-20-10-8-18(9-11-23(27)28)21(12-20)30-13-16(2)25/h4-12H,2,13-14H2,1,3H3,(H,27,28). The first kappa shape index (κ1) is 22.8. The van der Waals surface area contributed by atoms with Gasteiger partial charge in [-0.3, -0.25) is 0 Å². The molecule has 3 rings (SSSR count). The summed E-state index contributed by atoms with van der Waals surface area (Å²) in [5.74, 6) is 0.102. The van der Waals surface area contributed by atoms with Gasteiger partial charge >= 0.3 is 5.97 Å². The molecule has 0 bridgehead atoms.